The standard InChI is InChI=1S/C5H12N2/c1-3-5-7-6-4-2/h5-6H,3-4H2,1-2H3/b7-5+. The molecule has 42 valence electrons. The fourth-order valence-corrected chi connectivity index (χ4v) is 0.247. The van der Waals surface area contributed by atoms with E-state index >= 15 is 0 Å². The molecular weight excluding hydrogens is 88.1 g/mol. The Morgan fingerprint density at radius 1 is 1.57 bits per heavy atom. The lowest BCUT2D eigenvalue weighted by Crippen LogP contribution is -2.02. The number of nitrogens with one attached hydrogen (secondary N) is 1. The molecule has 0 spiro atoms. The topological polar surface area (TPSA) is 24.4 Å². The Morgan fingerprint density at radius 2 is 2.29 bits per heavy atom. The van der Waals surface area contributed by atoms with Gasteiger partial charge in [0.15, 0.2) is 0 Å². The van der Waals surface area contributed by atoms with Crippen LogP contribution in [0, 0.1) is 0 Å². The van der Waals surface area contributed by atoms with Gasteiger partial charge in [0.2, 0.25) is 0 Å². The van der Waals surface area contributed by atoms with E-state index in [1.54, 1.807) is 0 Å². The first-order chi connectivity index (χ1) is 3.41. The Kier molecular flexibility index (Phi) is 5.06. The lowest BCUT2D eigenvalue weighted by molar-refractivity contribution is 0.784. The van der Waals surface area contributed by atoms with Gasteiger partial charge in [-0.25, -0.2) is 0 Å². The number of hydrogen-bond acceptors (Lipinski definition) is 2. The van der Waals surface area contributed by atoms with E-state index in [0.29, 0.717) is 0 Å². The van der Waals surface area contributed by atoms with E-state index in [0.717, 1.165) is 13.0 Å². The second-order valence-electron chi connectivity index (χ2n) is 1.23. The van der Waals surface area contributed by atoms with Crippen molar-refractivity contribution in [1.29, 1.82) is 0 Å². The highest BCUT2D eigenvalue weighted by Crippen LogP contribution is 1.63. The van der Waals surface area contributed by atoms with Gasteiger partial charge in [-0.1, -0.05) is 6.92 Å². The van der Waals surface area contributed by atoms with Crippen LogP contribution in [0.2, 0.25) is 0 Å². The minimum Gasteiger partial charge on any atom is -0.311 e. The first kappa shape index (κ1) is 6.47. The molecule has 0 aliphatic rings. The molecule has 0 bridgehead atoms. The molecule has 2 nitrogen and oxygen atoms in total. The van der Waals surface area contributed by atoms with Gasteiger partial charge in [0, 0.05) is 12.8 Å². The van der Waals surface area contributed by atoms with Crippen molar-refractivity contribution in [3.8, 4) is 0 Å². The third-order valence-electron chi connectivity index (χ3n) is 0.523. The van der Waals surface area contributed by atoms with Gasteiger partial charge in [-0.15, -0.1) is 0 Å². The van der Waals surface area contributed by atoms with Crippen LogP contribution in [-0.2, 0) is 0 Å². The number of hydrazone groups is 1. The molecule has 0 aromatic carbocycles. The van der Waals surface area contributed by atoms with Crippen LogP contribution in [0.15, 0.2) is 5.10 Å². The summed E-state index contributed by atoms with van der Waals surface area (Å²) in [6.07, 6.45) is 2.86. The highest BCUT2D eigenvalue weighted by molar-refractivity contribution is 5.55. The molecule has 0 aromatic heterocycles. The molecule has 0 aliphatic heterocycles. The lowest BCUT2D eigenvalue weighted by atomic mass is 10.6. The van der Waals surface area contributed by atoms with Crippen LogP contribution in [0.5, 0.6) is 0 Å². The molecule has 0 fully saturated rings. The fraction of sp³-hybridized carbons (Fsp3) is 0.800. The van der Waals surface area contributed by atoms with E-state index in [9.17, 15) is 0 Å². The second kappa shape index (κ2) is 5.47. The Bertz CT molecular complexity index is 50.0. The van der Waals surface area contributed by atoms with Crippen molar-refractivity contribution in [2.75, 3.05) is 6.54 Å². The third kappa shape index (κ3) is 5.47. The lowest BCUT2D eigenvalue weighted by Gasteiger charge is -1.87. The minimum atomic E-state index is 0.913. The van der Waals surface area contributed by atoms with Crippen LogP contribution in [-0.4, -0.2) is 12.8 Å². The van der Waals surface area contributed by atoms with E-state index in [-0.39, 0.29) is 0 Å². The van der Waals surface area contributed by atoms with Crippen molar-refractivity contribution in [2.45, 2.75) is 20.3 Å². The highest BCUT2D eigenvalue weighted by atomic mass is 15.3. The Hall–Kier alpha value is -0.530. The Balaban J connectivity index is 2.78. The maximum Gasteiger partial charge on any atom is 0.0301 e. The second-order valence-corrected chi connectivity index (χ2v) is 1.23. The first-order valence-corrected chi connectivity index (χ1v) is 2.66. The SMILES string of the molecule is CC/C=N/NCC. The van der Waals surface area contributed by atoms with E-state index < -0.39 is 0 Å². The molecule has 0 saturated heterocycles. The first-order valence-electron chi connectivity index (χ1n) is 2.66. The van der Waals surface area contributed by atoms with Crippen molar-refractivity contribution in [3.05, 3.63) is 0 Å². The molecule has 0 aliphatic carbocycles. The molecule has 0 radical (unpaired) electrons. The van der Waals surface area contributed by atoms with Crippen LogP contribution < -0.4 is 5.43 Å². The molecule has 0 amide bonds. The van der Waals surface area contributed by atoms with Crippen LogP contribution in [0.4, 0.5) is 0 Å². The molecule has 0 heterocycles. The molecule has 0 rings (SSSR count). The minimum absolute atomic E-state index is 0.913. The van der Waals surface area contributed by atoms with Crippen LogP contribution in [0.3, 0.4) is 0 Å². The van der Waals surface area contributed by atoms with E-state index in [2.05, 4.69) is 17.5 Å². The van der Waals surface area contributed by atoms with Gasteiger partial charge in [-0.2, -0.15) is 5.10 Å². The zero-order valence-corrected chi connectivity index (χ0v) is 4.94. The highest BCUT2D eigenvalue weighted by Gasteiger charge is 1.63. The van der Waals surface area contributed by atoms with Gasteiger partial charge in [0.05, 0.1) is 0 Å². The smallest absolute Gasteiger partial charge is 0.0301 e. The van der Waals surface area contributed by atoms with Crippen molar-refractivity contribution in [2.24, 2.45) is 5.10 Å². The summed E-state index contributed by atoms with van der Waals surface area (Å²) in [5, 5.41) is 3.83. The van der Waals surface area contributed by atoms with E-state index in [4.69, 9.17) is 0 Å². The van der Waals surface area contributed by atoms with Gasteiger partial charge < -0.3 is 5.43 Å². The summed E-state index contributed by atoms with van der Waals surface area (Å²) in [6.45, 7) is 4.99. The van der Waals surface area contributed by atoms with Gasteiger partial charge in [0.25, 0.3) is 0 Å². The molecular formula is C5H12N2. The van der Waals surface area contributed by atoms with E-state index in [1.807, 2.05) is 13.1 Å². The monoisotopic (exact) mass is 100 g/mol. The summed E-state index contributed by atoms with van der Waals surface area (Å²) in [5.74, 6) is 0. The van der Waals surface area contributed by atoms with Crippen molar-refractivity contribution in [3.63, 3.8) is 0 Å². The summed E-state index contributed by atoms with van der Waals surface area (Å²) in [5.41, 5.74) is 2.82. The summed E-state index contributed by atoms with van der Waals surface area (Å²) >= 11 is 0. The fourth-order valence-electron chi connectivity index (χ4n) is 0.247. The maximum absolute atomic E-state index is 3.83. The molecule has 0 aromatic rings. The zero-order chi connectivity index (χ0) is 5.54. The summed E-state index contributed by atoms with van der Waals surface area (Å²) in [7, 11) is 0. The molecule has 0 unspecified atom stereocenters. The van der Waals surface area contributed by atoms with Crippen LogP contribution in [0.25, 0.3) is 0 Å². The van der Waals surface area contributed by atoms with Crippen molar-refractivity contribution < 1.29 is 0 Å². The van der Waals surface area contributed by atoms with Gasteiger partial charge in [0.1, 0.15) is 0 Å². The summed E-state index contributed by atoms with van der Waals surface area (Å²) < 4.78 is 0. The van der Waals surface area contributed by atoms with Crippen LogP contribution in [0.1, 0.15) is 20.3 Å². The Morgan fingerprint density at radius 3 is 2.71 bits per heavy atom. The van der Waals surface area contributed by atoms with Gasteiger partial charge >= 0.3 is 0 Å². The maximum atomic E-state index is 3.83. The molecule has 2 heteroatoms. The average Bonchev–Trinajstić information content (AvgIpc) is 1.69. The number of rotatable bonds is 3. The van der Waals surface area contributed by atoms with Gasteiger partial charge in [-0.3, -0.25) is 0 Å². The average molecular weight is 100 g/mol. The third-order valence-corrected chi connectivity index (χ3v) is 0.523. The summed E-state index contributed by atoms with van der Waals surface area (Å²) in [4.78, 5) is 0. The quantitative estimate of drug-likeness (QED) is 0.415. The predicted octanol–water partition coefficient (Wildman–Crippen LogP) is 0.992. The predicted molar refractivity (Wildman–Crippen MR) is 32.5 cm³/mol. The van der Waals surface area contributed by atoms with Crippen molar-refractivity contribution >= 4 is 6.21 Å². The summed E-state index contributed by atoms with van der Waals surface area (Å²) in [6, 6.07) is 0. The van der Waals surface area contributed by atoms with Gasteiger partial charge in [-0.05, 0) is 13.3 Å². The largest absolute Gasteiger partial charge is 0.311 e. The molecule has 1 N–H and O–H groups in total. The van der Waals surface area contributed by atoms with Crippen molar-refractivity contribution in [1.82, 2.24) is 5.43 Å². The number of hydrogen-bond donors (Lipinski definition) is 1. The normalized spacial score (nSPS) is 10.0. The molecule has 0 atom stereocenters. The van der Waals surface area contributed by atoms with Crippen LogP contribution >= 0.6 is 0 Å². The molecule has 0 saturated carbocycles. The number of nitrogens with zero attached hydrogens (tertiary/aromatic N) is 1. The van der Waals surface area contributed by atoms with E-state index in [1.165, 1.54) is 0 Å². The Labute approximate surface area is 44.6 Å². The zero-order valence-electron chi connectivity index (χ0n) is 4.94. The molecule has 7 heavy (non-hydrogen) atoms.